The van der Waals surface area contributed by atoms with Crippen molar-refractivity contribution >= 4 is 44.1 Å². The van der Waals surface area contributed by atoms with Crippen molar-refractivity contribution in [1.29, 1.82) is 0 Å². The summed E-state index contributed by atoms with van der Waals surface area (Å²) in [5.41, 5.74) is 2.68. The normalized spacial score (nSPS) is 17.2. The zero-order valence-corrected chi connectivity index (χ0v) is 20.1. The van der Waals surface area contributed by atoms with Crippen LogP contribution in [0.3, 0.4) is 0 Å². The van der Waals surface area contributed by atoms with Gasteiger partial charge >= 0.3 is 5.91 Å². The number of aromatic nitrogens is 1. The van der Waals surface area contributed by atoms with Crippen LogP contribution in [-0.4, -0.2) is 36.0 Å². The molecule has 0 saturated carbocycles. The molecule has 1 aliphatic rings. The molecule has 1 fully saturated rings. The van der Waals surface area contributed by atoms with Gasteiger partial charge < -0.3 is 14.6 Å². The van der Waals surface area contributed by atoms with E-state index in [9.17, 15) is 14.7 Å². The molecule has 0 spiro atoms. The second kappa shape index (κ2) is 8.88. The van der Waals surface area contributed by atoms with Gasteiger partial charge in [-0.15, -0.1) is 0 Å². The lowest BCUT2D eigenvalue weighted by Crippen LogP contribution is -2.29. The lowest BCUT2D eigenvalue weighted by Gasteiger charge is -2.24. The molecule has 5 rings (SSSR count). The second-order valence-corrected chi connectivity index (χ2v) is 9.12. The molecule has 0 unspecified atom stereocenters. The van der Waals surface area contributed by atoms with Crippen molar-refractivity contribution in [2.45, 2.75) is 13.0 Å². The number of anilines is 1. The van der Waals surface area contributed by atoms with Gasteiger partial charge in [0, 0.05) is 11.1 Å². The number of Topliss-reactive ketones (excluding diaryl/α,β-unsaturated/α-hetero) is 1. The number of thiazole rings is 1. The number of carbonyl (C=O) groups is 2. The van der Waals surface area contributed by atoms with Gasteiger partial charge in [-0.2, -0.15) is 0 Å². The first-order valence-electron chi connectivity index (χ1n) is 10.9. The minimum absolute atomic E-state index is 0.0387. The van der Waals surface area contributed by atoms with Crippen molar-refractivity contribution in [3.63, 3.8) is 0 Å². The number of para-hydroxylation sites is 1. The minimum Gasteiger partial charge on any atom is -0.507 e. The number of fused-ring (bicyclic) bond motifs is 1. The largest absolute Gasteiger partial charge is 0.507 e. The van der Waals surface area contributed by atoms with Crippen molar-refractivity contribution < 1.29 is 24.2 Å². The first-order valence-corrected chi connectivity index (χ1v) is 11.7. The minimum atomic E-state index is -0.931. The van der Waals surface area contributed by atoms with E-state index in [-0.39, 0.29) is 11.3 Å². The Bertz CT molecular complexity index is 1510. The summed E-state index contributed by atoms with van der Waals surface area (Å²) >= 11 is 1.32. The quantitative estimate of drug-likeness (QED) is 0.236. The van der Waals surface area contributed by atoms with E-state index >= 15 is 0 Å². The van der Waals surface area contributed by atoms with Crippen molar-refractivity contribution in [2.75, 3.05) is 19.1 Å². The number of benzene rings is 3. The Morgan fingerprint density at radius 1 is 1.00 bits per heavy atom. The van der Waals surface area contributed by atoms with Gasteiger partial charge in [-0.25, -0.2) is 4.98 Å². The Balaban J connectivity index is 1.76. The number of aliphatic hydroxyl groups excluding tert-OH is 1. The summed E-state index contributed by atoms with van der Waals surface area (Å²) in [4.78, 5) is 32.8. The molecular formula is C27H22N2O5S. The van der Waals surface area contributed by atoms with E-state index in [2.05, 4.69) is 4.98 Å². The van der Waals surface area contributed by atoms with Crippen LogP contribution >= 0.6 is 11.3 Å². The Hall–Kier alpha value is -4.17. The summed E-state index contributed by atoms with van der Waals surface area (Å²) in [6.07, 6.45) is 0. The van der Waals surface area contributed by atoms with Gasteiger partial charge in [0.1, 0.15) is 23.3 Å². The number of aliphatic hydroxyl groups is 1. The topological polar surface area (TPSA) is 89.0 Å². The summed E-state index contributed by atoms with van der Waals surface area (Å²) in [5.74, 6) is -0.855. The lowest BCUT2D eigenvalue weighted by molar-refractivity contribution is -0.132. The molecule has 176 valence electrons. The van der Waals surface area contributed by atoms with Gasteiger partial charge in [0.2, 0.25) is 0 Å². The van der Waals surface area contributed by atoms with E-state index in [1.807, 2.05) is 25.1 Å². The summed E-state index contributed by atoms with van der Waals surface area (Å²) in [7, 11) is 3.04. The third-order valence-corrected chi connectivity index (χ3v) is 6.98. The molecule has 1 aromatic heterocycles. The van der Waals surface area contributed by atoms with Gasteiger partial charge in [0.05, 0.1) is 30.0 Å². The van der Waals surface area contributed by atoms with E-state index in [0.717, 1.165) is 15.8 Å². The zero-order chi connectivity index (χ0) is 24.7. The number of hydrogen-bond donors (Lipinski definition) is 1. The van der Waals surface area contributed by atoms with Crippen LogP contribution in [0.4, 0.5) is 5.13 Å². The standard InChI is InChI=1S/C27H22N2O5S/c1-15-11-12-19-21(13-15)35-27(28-19)29-23(18-9-4-5-10-20(18)34-3)22(25(31)26(29)32)24(30)16-7-6-8-17(14-16)33-2/h4-14,23,30H,1-3H3/b24-22+/t23-/m1/s1. The zero-order valence-electron chi connectivity index (χ0n) is 19.3. The third-order valence-electron chi connectivity index (χ3n) is 5.96. The molecule has 1 saturated heterocycles. The molecule has 1 amide bonds. The number of rotatable bonds is 5. The fourth-order valence-corrected chi connectivity index (χ4v) is 5.36. The van der Waals surface area contributed by atoms with Gasteiger partial charge in [-0.1, -0.05) is 47.7 Å². The molecule has 2 heterocycles. The van der Waals surface area contributed by atoms with Gasteiger partial charge in [0.25, 0.3) is 5.78 Å². The van der Waals surface area contributed by atoms with Gasteiger partial charge in [-0.3, -0.25) is 14.5 Å². The second-order valence-electron chi connectivity index (χ2n) is 8.11. The molecule has 1 N–H and O–H groups in total. The molecule has 35 heavy (non-hydrogen) atoms. The number of ketones is 1. The van der Waals surface area contributed by atoms with Crippen LogP contribution in [0.1, 0.15) is 22.7 Å². The Kier molecular flexibility index (Phi) is 5.74. The molecule has 1 atom stereocenters. The van der Waals surface area contributed by atoms with E-state index in [1.54, 1.807) is 48.5 Å². The van der Waals surface area contributed by atoms with E-state index in [4.69, 9.17) is 9.47 Å². The average molecular weight is 487 g/mol. The van der Waals surface area contributed by atoms with Crippen LogP contribution in [0, 0.1) is 6.92 Å². The summed E-state index contributed by atoms with van der Waals surface area (Å²) in [6.45, 7) is 1.98. The number of aryl methyl sites for hydroxylation is 1. The van der Waals surface area contributed by atoms with Crippen LogP contribution in [0.2, 0.25) is 0 Å². The van der Waals surface area contributed by atoms with E-state index in [0.29, 0.717) is 27.8 Å². The predicted octanol–water partition coefficient (Wildman–Crippen LogP) is 5.25. The van der Waals surface area contributed by atoms with Crippen LogP contribution in [0.5, 0.6) is 11.5 Å². The average Bonchev–Trinajstić information content (AvgIpc) is 3.41. The molecule has 3 aromatic carbocycles. The highest BCUT2D eigenvalue weighted by atomic mass is 32.1. The first kappa shape index (κ1) is 22.6. The molecule has 0 radical (unpaired) electrons. The monoisotopic (exact) mass is 486 g/mol. The van der Waals surface area contributed by atoms with Crippen molar-refractivity contribution in [3.05, 3.63) is 89.0 Å². The summed E-state index contributed by atoms with van der Waals surface area (Å²) < 4.78 is 11.7. The molecule has 7 nitrogen and oxygen atoms in total. The van der Waals surface area contributed by atoms with Crippen LogP contribution in [0.15, 0.2) is 72.3 Å². The highest BCUT2D eigenvalue weighted by Gasteiger charge is 2.49. The molecule has 4 aromatic rings. The van der Waals surface area contributed by atoms with Crippen LogP contribution in [-0.2, 0) is 9.59 Å². The van der Waals surface area contributed by atoms with Gasteiger partial charge in [0.15, 0.2) is 5.13 Å². The molecule has 1 aliphatic heterocycles. The maximum atomic E-state index is 13.4. The number of carbonyl (C=O) groups excluding carboxylic acids is 2. The number of nitrogens with zero attached hydrogens (tertiary/aromatic N) is 2. The third kappa shape index (κ3) is 3.81. The maximum absolute atomic E-state index is 13.4. The van der Waals surface area contributed by atoms with Crippen molar-refractivity contribution in [3.8, 4) is 11.5 Å². The van der Waals surface area contributed by atoms with Crippen LogP contribution in [0.25, 0.3) is 16.0 Å². The highest BCUT2D eigenvalue weighted by Crippen LogP contribution is 2.46. The number of methoxy groups -OCH3 is 2. The molecule has 0 aliphatic carbocycles. The highest BCUT2D eigenvalue weighted by molar-refractivity contribution is 7.22. The van der Waals surface area contributed by atoms with Crippen molar-refractivity contribution in [2.24, 2.45) is 0 Å². The lowest BCUT2D eigenvalue weighted by atomic mass is 9.94. The molecular weight excluding hydrogens is 464 g/mol. The fourth-order valence-electron chi connectivity index (χ4n) is 4.26. The van der Waals surface area contributed by atoms with Gasteiger partial charge in [-0.05, 0) is 42.8 Å². The summed E-state index contributed by atoms with van der Waals surface area (Å²) in [5, 5.41) is 11.7. The van der Waals surface area contributed by atoms with Crippen LogP contribution < -0.4 is 14.4 Å². The SMILES string of the molecule is COc1cccc(/C(O)=C2\C(=O)C(=O)N(c3nc4ccc(C)cc4s3)[C@@H]2c2ccccc2OC)c1. The number of ether oxygens (including phenoxy) is 2. The first-order chi connectivity index (χ1) is 16.9. The molecule has 8 heteroatoms. The Morgan fingerprint density at radius 2 is 1.80 bits per heavy atom. The summed E-state index contributed by atoms with van der Waals surface area (Å²) in [6, 6.07) is 18.7. The van der Waals surface area contributed by atoms with Crippen molar-refractivity contribution in [1.82, 2.24) is 4.98 Å². The van der Waals surface area contributed by atoms with E-state index < -0.39 is 17.7 Å². The number of hydrogen-bond acceptors (Lipinski definition) is 7. The Labute approximate surface area is 205 Å². The molecule has 0 bridgehead atoms. The van der Waals surface area contributed by atoms with E-state index in [1.165, 1.54) is 30.5 Å². The maximum Gasteiger partial charge on any atom is 0.301 e. The smallest absolute Gasteiger partial charge is 0.301 e. The number of amides is 1. The predicted molar refractivity (Wildman–Crippen MR) is 135 cm³/mol. The fraction of sp³-hybridized carbons (Fsp3) is 0.148. The Morgan fingerprint density at radius 3 is 2.57 bits per heavy atom.